The van der Waals surface area contributed by atoms with Crippen LogP contribution in [0.25, 0.3) is 11.3 Å². The molecule has 4 N–H and O–H groups in total. The van der Waals surface area contributed by atoms with Gasteiger partial charge in [-0.1, -0.05) is 30.3 Å². The third kappa shape index (κ3) is 3.64. The van der Waals surface area contributed by atoms with Gasteiger partial charge in [0.05, 0.1) is 17.6 Å². The van der Waals surface area contributed by atoms with Crippen LogP contribution in [0.5, 0.6) is 0 Å². The number of nitrogens with two attached hydrogens (primary N) is 1. The van der Waals surface area contributed by atoms with Gasteiger partial charge in [-0.05, 0) is 12.1 Å². The first-order valence-corrected chi connectivity index (χ1v) is 7.63. The van der Waals surface area contributed by atoms with E-state index >= 15 is 0 Å². The predicted octanol–water partition coefficient (Wildman–Crippen LogP) is 2.61. The van der Waals surface area contributed by atoms with Crippen molar-refractivity contribution in [1.82, 2.24) is 9.97 Å². The van der Waals surface area contributed by atoms with E-state index in [1.165, 1.54) is 6.07 Å². The molecule has 0 fully saturated rings. The van der Waals surface area contributed by atoms with Crippen LogP contribution >= 0.6 is 0 Å². The molecule has 27 heavy (non-hydrogen) atoms. The highest BCUT2D eigenvalue weighted by Gasteiger charge is 2.13. The van der Waals surface area contributed by atoms with Crippen LogP contribution in [0.15, 0.2) is 52.4 Å². The van der Waals surface area contributed by atoms with Gasteiger partial charge < -0.3 is 5.73 Å². The molecule has 0 bridgehead atoms. The maximum atomic E-state index is 13.4. The zero-order chi connectivity index (χ0) is 19.4. The number of H-pyrrole nitrogens is 1. The lowest BCUT2D eigenvalue weighted by Gasteiger charge is -2.06. The first-order chi connectivity index (χ1) is 13.0. The molecule has 3 aromatic rings. The summed E-state index contributed by atoms with van der Waals surface area (Å²) in [6, 6.07) is 12.7. The molecule has 9 heteroatoms. The molecular formula is C18H12F2N6O. The van der Waals surface area contributed by atoms with E-state index in [9.17, 15) is 18.8 Å². The number of hydrogen-bond donors (Lipinski definition) is 3. The summed E-state index contributed by atoms with van der Waals surface area (Å²) in [6.07, 6.45) is 1.15. The molecule has 3 rings (SSSR count). The Labute approximate surface area is 151 Å². The molecule has 0 saturated carbocycles. The van der Waals surface area contributed by atoms with Gasteiger partial charge in [0.2, 0.25) is 5.95 Å². The van der Waals surface area contributed by atoms with Crippen molar-refractivity contribution in [2.75, 3.05) is 11.2 Å². The summed E-state index contributed by atoms with van der Waals surface area (Å²) in [5.74, 6) is -2.27. The molecule has 0 atom stereocenters. The van der Waals surface area contributed by atoms with E-state index in [1.54, 1.807) is 30.3 Å². The zero-order valence-electron chi connectivity index (χ0n) is 13.7. The largest absolute Gasteiger partial charge is 0.396 e. The quantitative estimate of drug-likeness (QED) is 0.372. The molecule has 0 radical (unpaired) electrons. The normalized spacial score (nSPS) is 10.7. The second-order valence-electron chi connectivity index (χ2n) is 5.35. The van der Waals surface area contributed by atoms with Gasteiger partial charge in [-0.15, -0.1) is 0 Å². The van der Waals surface area contributed by atoms with Gasteiger partial charge in [-0.2, -0.15) is 10.4 Å². The first kappa shape index (κ1) is 17.8. The van der Waals surface area contributed by atoms with E-state index in [2.05, 4.69) is 20.5 Å². The van der Waals surface area contributed by atoms with Crippen molar-refractivity contribution >= 4 is 17.9 Å². The minimum atomic E-state index is -1.17. The summed E-state index contributed by atoms with van der Waals surface area (Å²) >= 11 is 0. The van der Waals surface area contributed by atoms with Crippen LogP contribution in [-0.4, -0.2) is 16.2 Å². The van der Waals surface area contributed by atoms with E-state index in [1.807, 2.05) is 6.07 Å². The highest BCUT2D eigenvalue weighted by atomic mass is 19.2. The number of aromatic nitrogens is 2. The number of hydrazone groups is 1. The summed E-state index contributed by atoms with van der Waals surface area (Å²) in [4.78, 5) is 18.7. The number of benzene rings is 2. The Morgan fingerprint density at radius 2 is 1.96 bits per heavy atom. The topological polar surface area (TPSA) is 120 Å². The third-order valence-electron chi connectivity index (χ3n) is 3.62. The summed E-state index contributed by atoms with van der Waals surface area (Å²) in [6.45, 7) is 0. The van der Waals surface area contributed by atoms with Crippen molar-refractivity contribution in [1.29, 1.82) is 5.26 Å². The van der Waals surface area contributed by atoms with E-state index < -0.39 is 22.9 Å². The maximum Gasteiger partial charge on any atom is 0.270 e. The molecular weight excluding hydrogens is 354 g/mol. The smallest absolute Gasteiger partial charge is 0.270 e. The number of nitriles is 1. The second kappa shape index (κ2) is 7.45. The van der Waals surface area contributed by atoms with Gasteiger partial charge in [0.25, 0.3) is 5.56 Å². The lowest BCUT2D eigenvalue weighted by Crippen LogP contribution is -2.16. The molecule has 0 aliphatic carbocycles. The predicted molar refractivity (Wildman–Crippen MR) is 97.0 cm³/mol. The number of hydrogen-bond acceptors (Lipinski definition) is 6. The van der Waals surface area contributed by atoms with Crippen molar-refractivity contribution in [2.45, 2.75) is 0 Å². The Morgan fingerprint density at radius 3 is 2.67 bits per heavy atom. The number of nitrogens with one attached hydrogen (secondary N) is 2. The number of nitrogens with zero attached hydrogens (tertiary/aromatic N) is 3. The molecule has 0 aliphatic heterocycles. The monoisotopic (exact) mass is 366 g/mol. The van der Waals surface area contributed by atoms with Crippen molar-refractivity contribution in [3.05, 3.63) is 75.6 Å². The molecule has 2 aromatic carbocycles. The van der Waals surface area contributed by atoms with Crippen LogP contribution in [-0.2, 0) is 0 Å². The Hall–Kier alpha value is -4.06. The SMILES string of the molecule is N#Cc1c(-c2ccccc2)nc(NN=Cc2ccc(F)c(F)c2N)[nH]c1=O. The fourth-order valence-corrected chi connectivity index (χ4v) is 2.29. The number of halogens is 2. The highest BCUT2D eigenvalue weighted by molar-refractivity contribution is 5.87. The van der Waals surface area contributed by atoms with Gasteiger partial charge in [-0.25, -0.2) is 19.2 Å². The third-order valence-corrected chi connectivity index (χ3v) is 3.62. The minimum absolute atomic E-state index is 0.0322. The molecule has 0 unspecified atom stereocenters. The molecule has 134 valence electrons. The summed E-state index contributed by atoms with van der Waals surface area (Å²) in [7, 11) is 0. The molecule has 7 nitrogen and oxygen atoms in total. The summed E-state index contributed by atoms with van der Waals surface area (Å²) < 4.78 is 26.5. The molecule has 0 aliphatic rings. The van der Waals surface area contributed by atoms with Crippen LogP contribution < -0.4 is 16.7 Å². The van der Waals surface area contributed by atoms with E-state index in [4.69, 9.17) is 5.73 Å². The average molecular weight is 366 g/mol. The molecule has 0 spiro atoms. The van der Waals surface area contributed by atoms with Crippen molar-refractivity contribution in [3.63, 3.8) is 0 Å². The Morgan fingerprint density at radius 1 is 1.22 bits per heavy atom. The lowest BCUT2D eigenvalue weighted by molar-refractivity contribution is 0.512. The standard InChI is InChI=1S/C18H12F2N6O/c19-13-7-6-11(15(22)14(13)20)9-23-26-18-24-16(10-4-2-1-3-5-10)12(8-21)17(27)25-18/h1-7,9H,22H2,(H2,24,25,26,27). The average Bonchev–Trinajstić information content (AvgIpc) is 2.68. The van der Waals surface area contributed by atoms with E-state index in [-0.39, 0.29) is 22.8 Å². The van der Waals surface area contributed by atoms with Crippen LogP contribution in [0.1, 0.15) is 11.1 Å². The molecule has 0 amide bonds. The number of anilines is 2. The van der Waals surface area contributed by atoms with Crippen LogP contribution in [0.2, 0.25) is 0 Å². The lowest BCUT2D eigenvalue weighted by atomic mass is 10.1. The van der Waals surface area contributed by atoms with Crippen molar-refractivity contribution < 1.29 is 8.78 Å². The summed E-state index contributed by atoms with van der Waals surface area (Å²) in [5.41, 5.74) is 7.69. The molecule has 1 aromatic heterocycles. The Bertz CT molecular complexity index is 1120. The van der Waals surface area contributed by atoms with Gasteiger partial charge >= 0.3 is 0 Å². The van der Waals surface area contributed by atoms with E-state index in [0.29, 0.717) is 5.56 Å². The van der Waals surface area contributed by atoms with Gasteiger partial charge in [-0.3, -0.25) is 9.78 Å². The van der Waals surface area contributed by atoms with Gasteiger partial charge in [0.1, 0.15) is 11.6 Å². The van der Waals surface area contributed by atoms with Gasteiger partial charge in [0, 0.05) is 11.1 Å². The Kier molecular flexibility index (Phi) is 4.90. The van der Waals surface area contributed by atoms with Crippen LogP contribution in [0.3, 0.4) is 0 Å². The number of rotatable bonds is 4. The van der Waals surface area contributed by atoms with Crippen molar-refractivity contribution in [3.8, 4) is 17.3 Å². The van der Waals surface area contributed by atoms with Crippen LogP contribution in [0, 0.1) is 23.0 Å². The highest BCUT2D eigenvalue weighted by Crippen LogP contribution is 2.20. The number of nitrogen functional groups attached to an aromatic ring is 1. The van der Waals surface area contributed by atoms with Crippen LogP contribution in [0.4, 0.5) is 20.4 Å². The molecule has 1 heterocycles. The Balaban J connectivity index is 1.93. The fraction of sp³-hybridized carbons (Fsp3) is 0. The first-order valence-electron chi connectivity index (χ1n) is 7.63. The maximum absolute atomic E-state index is 13.4. The molecule has 0 saturated heterocycles. The second-order valence-corrected chi connectivity index (χ2v) is 5.35. The van der Waals surface area contributed by atoms with Gasteiger partial charge in [0.15, 0.2) is 11.6 Å². The zero-order valence-corrected chi connectivity index (χ0v) is 13.7. The van der Waals surface area contributed by atoms with Crippen molar-refractivity contribution in [2.24, 2.45) is 5.10 Å². The van der Waals surface area contributed by atoms with E-state index in [0.717, 1.165) is 12.3 Å². The minimum Gasteiger partial charge on any atom is -0.396 e. The fourth-order valence-electron chi connectivity index (χ4n) is 2.29. The number of aromatic amines is 1. The summed E-state index contributed by atoms with van der Waals surface area (Å²) in [5, 5.41) is 13.0.